The lowest BCUT2D eigenvalue weighted by Crippen LogP contribution is -2.25. The molecule has 0 amide bonds. The molecule has 1 unspecified atom stereocenters. The molecule has 90 valence electrons. The molecule has 16 heavy (non-hydrogen) atoms. The first kappa shape index (κ1) is 12.8. The van der Waals surface area contributed by atoms with E-state index in [9.17, 15) is 5.11 Å². The SMILES string of the molecule is CC(C)(C)CC(O)CNc1cccc(N)n1. The summed E-state index contributed by atoms with van der Waals surface area (Å²) < 4.78 is 0. The Morgan fingerprint density at radius 3 is 2.69 bits per heavy atom. The molecule has 0 aromatic carbocycles. The maximum absolute atomic E-state index is 9.79. The minimum Gasteiger partial charge on any atom is -0.391 e. The molecule has 0 aliphatic rings. The van der Waals surface area contributed by atoms with Gasteiger partial charge in [0.25, 0.3) is 0 Å². The summed E-state index contributed by atoms with van der Waals surface area (Å²) in [5, 5.41) is 12.9. The van der Waals surface area contributed by atoms with E-state index in [1.165, 1.54) is 0 Å². The summed E-state index contributed by atoms with van der Waals surface area (Å²) in [5.74, 6) is 1.18. The number of nitrogens with zero attached hydrogens (tertiary/aromatic N) is 1. The minimum atomic E-state index is -0.372. The number of hydrogen-bond acceptors (Lipinski definition) is 4. The third kappa shape index (κ3) is 4.98. The van der Waals surface area contributed by atoms with E-state index in [0.29, 0.717) is 18.2 Å². The number of rotatable bonds is 4. The molecule has 4 nitrogen and oxygen atoms in total. The molecule has 1 aromatic rings. The van der Waals surface area contributed by atoms with Crippen molar-refractivity contribution in [2.45, 2.75) is 33.3 Å². The third-order valence-corrected chi connectivity index (χ3v) is 2.14. The molecule has 0 fully saturated rings. The summed E-state index contributed by atoms with van der Waals surface area (Å²) in [6.45, 7) is 6.81. The largest absolute Gasteiger partial charge is 0.391 e. The van der Waals surface area contributed by atoms with E-state index in [4.69, 9.17) is 5.73 Å². The second kappa shape index (κ2) is 5.16. The van der Waals surface area contributed by atoms with Crippen molar-refractivity contribution in [1.29, 1.82) is 0 Å². The number of aliphatic hydroxyl groups excluding tert-OH is 1. The maximum atomic E-state index is 9.79. The van der Waals surface area contributed by atoms with Gasteiger partial charge in [0, 0.05) is 6.54 Å². The van der Waals surface area contributed by atoms with Crippen LogP contribution in [0.4, 0.5) is 11.6 Å². The van der Waals surface area contributed by atoms with E-state index < -0.39 is 0 Å². The van der Waals surface area contributed by atoms with Crippen LogP contribution in [0, 0.1) is 5.41 Å². The van der Waals surface area contributed by atoms with Crippen LogP contribution >= 0.6 is 0 Å². The molecule has 0 bridgehead atoms. The number of pyridine rings is 1. The van der Waals surface area contributed by atoms with Crippen LogP contribution < -0.4 is 11.1 Å². The molecule has 1 aromatic heterocycles. The van der Waals surface area contributed by atoms with Gasteiger partial charge < -0.3 is 16.2 Å². The van der Waals surface area contributed by atoms with Gasteiger partial charge in [-0.1, -0.05) is 26.8 Å². The van der Waals surface area contributed by atoms with Crippen molar-refractivity contribution in [3.05, 3.63) is 18.2 Å². The number of nitrogens with one attached hydrogen (secondary N) is 1. The average Bonchev–Trinajstić information content (AvgIpc) is 2.12. The number of anilines is 2. The van der Waals surface area contributed by atoms with Crippen molar-refractivity contribution >= 4 is 11.6 Å². The summed E-state index contributed by atoms with van der Waals surface area (Å²) >= 11 is 0. The molecule has 4 heteroatoms. The van der Waals surface area contributed by atoms with Crippen LogP contribution in [0.1, 0.15) is 27.2 Å². The van der Waals surface area contributed by atoms with E-state index in [-0.39, 0.29) is 11.5 Å². The number of hydrogen-bond donors (Lipinski definition) is 3. The molecule has 0 radical (unpaired) electrons. The van der Waals surface area contributed by atoms with Gasteiger partial charge in [-0.3, -0.25) is 0 Å². The lowest BCUT2D eigenvalue weighted by molar-refractivity contribution is 0.132. The topological polar surface area (TPSA) is 71.2 Å². The smallest absolute Gasteiger partial charge is 0.128 e. The summed E-state index contributed by atoms with van der Waals surface area (Å²) in [7, 11) is 0. The van der Waals surface area contributed by atoms with E-state index in [2.05, 4.69) is 31.1 Å². The molecule has 0 aliphatic carbocycles. The molecular weight excluding hydrogens is 202 g/mol. The predicted octanol–water partition coefficient (Wildman–Crippen LogP) is 1.87. The molecule has 1 heterocycles. The Hall–Kier alpha value is -1.29. The Bertz CT molecular complexity index is 333. The first-order chi connectivity index (χ1) is 7.37. The highest BCUT2D eigenvalue weighted by atomic mass is 16.3. The molecule has 4 N–H and O–H groups in total. The van der Waals surface area contributed by atoms with Crippen molar-refractivity contribution in [3.63, 3.8) is 0 Å². The summed E-state index contributed by atoms with van der Waals surface area (Å²) in [6, 6.07) is 5.40. The van der Waals surface area contributed by atoms with Gasteiger partial charge in [0.1, 0.15) is 11.6 Å². The summed E-state index contributed by atoms with van der Waals surface area (Å²) in [4.78, 5) is 4.10. The molecule has 0 saturated carbocycles. The van der Waals surface area contributed by atoms with Crippen LogP contribution in [0.15, 0.2) is 18.2 Å². The van der Waals surface area contributed by atoms with Crippen molar-refractivity contribution < 1.29 is 5.11 Å². The van der Waals surface area contributed by atoms with Gasteiger partial charge in [-0.25, -0.2) is 4.98 Å². The Kier molecular flexibility index (Phi) is 4.12. The van der Waals surface area contributed by atoms with E-state index in [0.717, 1.165) is 6.42 Å². The van der Waals surface area contributed by atoms with Gasteiger partial charge in [-0.15, -0.1) is 0 Å². The van der Waals surface area contributed by atoms with Crippen molar-refractivity contribution in [3.8, 4) is 0 Å². The Morgan fingerprint density at radius 1 is 1.44 bits per heavy atom. The number of aliphatic hydroxyl groups is 1. The molecule has 0 aliphatic heterocycles. The van der Waals surface area contributed by atoms with E-state index in [1.54, 1.807) is 6.07 Å². The van der Waals surface area contributed by atoms with Gasteiger partial charge in [0.15, 0.2) is 0 Å². The highest BCUT2D eigenvalue weighted by Crippen LogP contribution is 2.20. The lowest BCUT2D eigenvalue weighted by Gasteiger charge is -2.22. The quantitative estimate of drug-likeness (QED) is 0.728. The maximum Gasteiger partial charge on any atom is 0.128 e. The van der Waals surface area contributed by atoms with E-state index in [1.807, 2.05) is 12.1 Å². The first-order valence-corrected chi connectivity index (χ1v) is 5.51. The van der Waals surface area contributed by atoms with Crippen molar-refractivity contribution in [1.82, 2.24) is 4.98 Å². The molecule has 0 spiro atoms. The summed E-state index contributed by atoms with van der Waals surface area (Å²) in [5.41, 5.74) is 5.68. The van der Waals surface area contributed by atoms with Crippen LogP contribution in [-0.4, -0.2) is 22.7 Å². The molecular formula is C12H21N3O. The first-order valence-electron chi connectivity index (χ1n) is 5.51. The second-order valence-electron chi connectivity index (χ2n) is 5.25. The van der Waals surface area contributed by atoms with Gasteiger partial charge >= 0.3 is 0 Å². The fourth-order valence-electron chi connectivity index (χ4n) is 1.55. The fraction of sp³-hybridized carbons (Fsp3) is 0.583. The van der Waals surface area contributed by atoms with Crippen LogP contribution in [-0.2, 0) is 0 Å². The Morgan fingerprint density at radius 2 is 2.12 bits per heavy atom. The normalized spacial score (nSPS) is 13.5. The fourth-order valence-corrected chi connectivity index (χ4v) is 1.55. The predicted molar refractivity (Wildman–Crippen MR) is 67.2 cm³/mol. The van der Waals surface area contributed by atoms with Crippen molar-refractivity contribution in [2.24, 2.45) is 5.41 Å². The number of aromatic nitrogens is 1. The van der Waals surface area contributed by atoms with Crippen molar-refractivity contribution in [2.75, 3.05) is 17.6 Å². The standard InChI is InChI=1S/C12H21N3O/c1-12(2,3)7-9(16)8-14-11-6-4-5-10(13)15-11/h4-6,9,16H,7-8H2,1-3H3,(H3,13,14,15). The van der Waals surface area contributed by atoms with Gasteiger partial charge in [-0.05, 0) is 24.0 Å². The number of nitrogen functional groups attached to an aromatic ring is 1. The van der Waals surface area contributed by atoms with E-state index >= 15 is 0 Å². The third-order valence-electron chi connectivity index (χ3n) is 2.14. The number of nitrogens with two attached hydrogens (primary N) is 1. The monoisotopic (exact) mass is 223 g/mol. The van der Waals surface area contributed by atoms with Crippen LogP contribution in [0.2, 0.25) is 0 Å². The van der Waals surface area contributed by atoms with Gasteiger partial charge in [0.05, 0.1) is 6.10 Å². The zero-order valence-electron chi connectivity index (χ0n) is 10.2. The molecule has 0 saturated heterocycles. The van der Waals surface area contributed by atoms with Gasteiger partial charge in [-0.2, -0.15) is 0 Å². The molecule has 1 atom stereocenters. The minimum absolute atomic E-state index is 0.129. The molecule has 1 rings (SSSR count). The Balaban J connectivity index is 2.40. The zero-order chi connectivity index (χ0) is 12.2. The average molecular weight is 223 g/mol. The Labute approximate surface area is 96.9 Å². The summed E-state index contributed by atoms with van der Waals surface area (Å²) in [6.07, 6.45) is 0.380. The highest BCUT2D eigenvalue weighted by Gasteiger charge is 2.16. The van der Waals surface area contributed by atoms with Crippen LogP contribution in [0.5, 0.6) is 0 Å². The second-order valence-corrected chi connectivity index (χ2v) is 5.25. The van der Waals surface area contributed by atoms with Crippen LogP contribution in [0.3, 0.4) is 0 Å². The zero-order valence-corrected chi connectivity index (χ0v) is 10.2. The highest BCUT2D eigenvalue weighted by molar-refractivity contribution is 5.42. The lowest BCUT2D eigenvalue weighted by atomic mass is 9.89. The van der Waals surface area contributed by atoms with Gasteiger partial charge in [0.2, 0.25) is 0 Å². The van der Waals surface area contributed by atoms with Crippen LogP contribution in [0.25, 0.3) is 0 Å².